The van der Waals surface area contributed by atoms with Gasteiger partial charge < -0.3 is 26.4 Å². The van der Waals surface area contributed by atoms with Crippen LogP contribution in [0, 0.1) is 11.6 Å². The summed E-state index contributed by atoms with van der Waals surface area (Å²) in [6, 6.07) is 7.84. The molecule has 0 saturated carbocycles. The van der Waals surface area contributed by atoms with E-state index in [0.717, 1.165) is 24.2 Å². The second-order valence-corrected chi connectivity index (χ2v) is 7.75. The van der Waals surface area contributed by atoms with E-state index in [1.807, 2.05) is 4.90 Å². The lowest BCUT2D eigenvalue weighted by molar-refractivity contribution is 0.0664. The van der Waals surface area contributed by atoms with Crippen molar-refractivity contribution in [2.45, 2.75) is 18.6 Å². The van der Waals surface area contributed by atoms with Crippen molar-refractivity contribution in [3.05, 3.63) is 66.1 Å². The van der Waals surface area contributed by atoms with Crippen LogP contribution >= 0.6 is 0 Å². The van der Waals surface area contributed by atoms with E-state index in [2.05, 4.69) is 15.3 Å². The molecule has 8 nitrogen and oxygen atoms in total. The summed E-state index contributed by atoms with van der Waals surface area (Å²) in [6.45, 7) is 1.22. The minimum atomic E-state index is -0.788. The van der Waals surface area contributed by atoms with Crippen LogP contribution in [0.25, 0.3) is 11.3 Å². The zero-order valence-electron chi connectivity index (χ0n) is 18.0. The van der Waals surface area contributed by atoms with Gasteiger partial charge in [-0.2, -0.15) is 0 Å². The SMILES string of the molecule is COC1CCN(c2ccncc2NC(=O)c2nc(-c3c(F)cccc3F)ccc2N)CC1N. The number of nitrogens with two attached hydrogens (primary N) is 2. The van der Waals surface area contributed by atoms with E-state index in [0.29, 0.717) is 18.8 Å². The van der Waals surface area contributed by atoms with Gasteiger partial charge in [0.2, 0.25) is 0 Å². The number of anilines is 3. The number of benzene rings is 1. The maximum Gasteiger partial charge on any atom is 0.276 e. The molecule has 172 valence electrons. The molecule has 1 saturated heterocycles. The number of aromatic nitrogens is 2. The second-order valence-electron chi connectivity index (χ2n) is 7.75. The van der Waals surface area contributed by atoms with E-state index in [-0.39, 0.29) is 34.8 Å². The van der Waals surface area contributed by atoms with Gasteiger partial charge in [0.15, 0.2) is 5.69 Å². The zero-order valence-corrected chi connectivity index (χ0v) is 18.0. The molecule has 33 heavy (non-hydrogen) atoms. The fourth-order valence-corrected chi connectivity index (χ4v) is 3.95. The van der Waals surface area contributed by atoms with Crippen LogP contribution in [-0.2, 0) is 4.74 Å². The highest BCUT2D eigenvalue weighted by molar-refractivity contribution is 6.07. The van der Waals surface area contributed by atoms with Gasteiger partial charge in [-0.25, -0.2) is 13.8 Å². The number of methoxy groups -OCH3 is 1. The van der Waals surface area contributed by atoms with Crippen LogP contribution in [0.2, 0.25) is 0 Å². The van der Waals surface area contributed by atoms with Crippen LogP contribution < -0.4 is 21.7 Å². The number of piperidine rings is 1. The molecular weight excluding hydrogens is 430 g/mol. The van der Waals surface area contributed by atoms with E-state index in [1.165, 1.54) is 24.4 Å². The molecule has 2 unspecified atom stereocenters. The molecule has 0 spiro atoms. The van der Waals surface area contributed by atoms with Crippen molar-refractivity contribution in [3.8, 4) is 11.3 Å². The third kappa shape index (κ3) is 4.62. The molecule has 10 heteroatoms. The molecule has 4 rings (SSSR count). The lowest BCUT2D eigenvalue weighted by atomic mass is 10.0. The van der Waals surface area contributed by atoms with Crippen molar-refractivity contribution < 1.29 is 18.3 Å². The quantitative estimate of drug-likeness (QED) is 0.542. The molecule has 0 radical (unpaired) electrons. The van der Waals surface area contributed by atoms with Crippen molar-refractivity contribution in [1.29, 1.82) is 0 Å². The second kappa shape index (κ2) is 9.47. The molecule has 1 fully saturated rings. The fourth-order valence-electron chi connectivity index (χ4n) is 3.95. The molecule has 1 aliphatic heterocycles. The van der Waals surface area contributed by atoms with Crippen LogP contribution in [0.1, 0.15) is 16.9 Å². The van der Waals surface area contributed by atoms with Gasteiger partial charge in [-0.15, -0.1) is 0 Å². The molecule has 0 bridgehead atoms. The number of hydrogen-bond donors (Lipinski definition) is 3. The largest absolute Gasteiger partial charge is 0.397 e. The first-order chi connectivity index (χ1) is 15.9. The normalized spacial score (nSPS) is 18.2. The van der Waals surface area contributed by atoms with Gasteiger partial charge in [-0.1, -0.05) is 6.07 Å². The Kier molecular flexibility index (Phi) is 6.47. The Balaban J connectivity index is 1.61. The molecule has 3 aromatic rings. The number of rotatable bonds is 5. The summed E-state index contributed by atoms with van der Waals surface area (Å²) in [7, 11) is 1.64. The highest BCUT2D eigenvalue weighted by atomic mass is 19.1. The summed E-state index contributed by atoms with van der Waals surface area (Å²) in [5.74, 6) is -2.20. The van der Waals surface area contributed by atoms with Crippen molar-refractivity contribution in [2.75, 3.05) is 36.1 Å². The van der Waals surface area contributed by atoms with Crippen molar-refractivity contribution in [1.82, 2.24) is 9.97 Å². The predicted molar refractivity (Wildman–Crippen MR) is 122 cm³/mol. The van der Waals surface area contributed by atoms with Crippen LogP contribution in [0.3, 0.4) is 0 Å². The fraction of sp³-hybridized carbons (Fsp3) is 0.261. The standard InChI is InChI=1S/C23H24F2N6O2/c1-33-20-8-10-31(12-16(20)27)19-7-9-28-11-18(19)30-23(32)22-15(26)5-6-17(29-22)21-13(24)3-2-4-14(21)25/h2-7,9,11,16,20H,8,10,12,26-27H2,1H3,(H,30,32). The Morgan fingerprint density at radius 2 is 1.97 bits per heavy atom. The number of carbonyl (C=O) groups is 1. The van der Waals surface area contributed by atoms with Gasteiger partial charge in [0.25, 0.3) is 5.91 Å². The van der Waals surface area contributed by atoms with Crippen LogP contribution in [0.4, 0.5) is 25.8 Å². The number of nitrogen functional groups attached to an aromatic ring is 1. The first-order valence-corrected chi connectivity index (χ1v) is 10.4. The number of hydrogen-bond acceptors (Lipinski definition) is 7. The van der Waals surface area contributed by atoms with Crippen molar-refractivity contribution in [3.63, 3.8) is 0 Å². The Morgan fingerprint density at radius 1 is 1.21 bits per heavy atom. The first kappa shape index (κ1) is 22.6. The van der Waals surface area contributed by atoms with E-state index in [9.17, 15) is 13.6 Å². The average molecular weight is 454 g/mol. The average Bonchev–Trinajstić information content (AvgIpc) is 2.80. The highest BCUT2D eigenvalue weighted by Gasteiger charge is 2.28. The third-order valence-corrected chi connectivity index (χ3v) is 5.64. The summed E-state index contributed by atoms with van der Waals surface area (Å²) in [5.41, 5.74) is 12.9. The van der Waals surface area contributed by atoms with Gasteiger partial charge in [-0.3, -0.25) is 9.78 Å². The van der Waals surface area contributed by atoms with Gasteiger partial charge >= 0.3 is 0 Å². The number of pyridine rings is 2. The predicted octanol–water partition coefficient (Wildman–Crippen LogP) is 2.81. The summed E-state index contributed by atoms with van der Waals surface area (Å²) in [4.78, 5) is 23.3. The lowest BCUT2D eigenvalue weighted by Crippen LogP contribution is -2.52. The summed E-state index contributed by atoms with van der Waals surface area (Å²) >= 11 is 0. The summed E-state index contributed by atoms with van der Waals surface area (Å²) < 4.78 is 33.8. The number of amides is 1. The maximum atomic E-state index is 14.2. The summed E-state index contributed by atoms with van der Waals surface area (Å²) in [5, 5.41) is 2.77. The number of nitrogens with one attached hydrogen (secondary N) is 1. The monoisotopic (exact) mass is 454 g/mol. The topological polar surface area (TPSA) is 119 Å². The highest BCUT2D eigenvalue weighted by Crippen LogP contribution is 2.30. The van der Waals surface area contributed by atoms with E-state index >= 15 is 0 Å². The Labute approximate surface area is 189 Å². The Morgan fingerprint density at radius 3 is 2.67 bits per heavy atom. The van der Waals surface area contributed by atoms with Crippen molar-refractivity contribution in [2.24, 2.45) is 5.73 Å². The van der Waals surface area contributed by atoms with Crippen LogP contribution in [-0.4, -0.2) is 48.2 Å². The van der Waals surface area contributed by atoms with Gasteiger partial charge in [0.1, 0.15) is 11.6 Å². The Hall–Kier alpha value is -3.63. The number of carbonyl (C=O) groups excluding carboxylic acids is 1. The molecule has 1 aromatic carbocycles. The van der Waals surface area contributed by atoms with Gasteiger partial charge in [-0.05, 0) is 36.8 Å². The molecular formula is C23H24F2N6O2. The molecule has 0 aliphatic carbocycles. The minimum Gasteiger partial charge on any atom is -0.397 e. The van der Waals surface area contributed by atoms with Gasteiger partial charge in [0.05, 0.1) is 40.6 Å². The maximum absolute atomic E-state index is 14.2. The number of ether oxygens (including phenoxy) is 1. The van der Waals surface area contributed by atoms with E-state index in [4.69, 9.17) is 16.2 Å². The molecule has 3 heterocycles. The molecule has 1 amide bonds. The minimum absolute atomic E-state index is 0.0355. The third-order valence-electron chi connectivity index (χ3n) is 5.64. The lowest BCUT2D eigenvalue weighted by Gasteiger charge is -2.37. The van der Waals surface area contributed by atoms with Gasteiger partial charge in [0, 0.05) is 32.4 Å². The molecule has 1 aliphatic rings. The molecule has 2 atom stereocenters. The number of halogens is 2. The molecule has 5 N–H and O–H groups in total. The summed E-state index contributed by atoms with van der Waals surface area (Å²) in [6.07, 6.45) is 3.83. The van der Waals surface area contributed by atoms with Crippen molar-refractivity contribution >= 4 is 23.0 Å². The number of nitrogens with zero attached hydrogens (tertiary/aromatic N) is 3. The first-order valence-electron chi connectivity index (χ1n) is 10.4. The Bertz CT molecular complexity index is 1160. The van der Waals surface area contributed by atoms with Crippen LogP contribution in [0.5, 0.6) is 0 Å². The van der Waals surface area contributed by atoms with Crippen LogP contribution in [0.15, 0.2) is 48.8 Å². The molecule has 2 aromatic heterocycles. The van der Waals surface area contributed by atoms with E-state index in [1.54, 1.807) is 19.4 Å². The smallest absolute Gasteiger partial charge is 0.276 e. The zero-order chi connectivity index (χ0) is 23.5. The van der Waals surface area contributed by atoms with E-state index < -0.39 is 17.5 Å².